The average molecular weight is 237 g/mol. The first-order valence-electron chi connectivity index (χ1n) is 5.66. The molecule has 0 aliphatic heterocycles. The van der Waals surface area contributed by atoms with Gasteiger partial charge in [-0.25, -0.2) is 4.98 Å². The lowest BCUT2D eigenvalue weighted by atomic mass is 10.3. The first-order chi connectivity index (χ1) is 8.11. The second kappa shape index (κ2) is 6.67. The van der Waals surface area contributed by atoms with Gasteiger partial charge in [0.15, 0.2) is 0 Å². The van der Waals surface area contributed by atoms with Crippen LogP contribution in [0.15, 0.2) is 12.3 Å². The summed E-state index contributed by atoms with van der Waals surface area (Å²) in [4.78, 5) is 19.6. The van der Waals surface area contributed by atoms with Crippen molar-refractivity contribution >= 4 is 17.7 Å². The minimum atomic E-state index is 0.0374. The molecule has 0 aliphatic rings. The summed E-state index contributed by atoms with van der Waals surface area (Å²) < 4.78 is 0. The van der Waals surface area contributed by atoms with Gasteiger partial charge < -0.3 is 16.0 Å². The molecule has 0 unspecified atom stereocenters. The van der Waals surface area contributed by atoms with Crippen molar-refractivity contribution in [2.45, 2.75) is 26.3 Å². The van der Waals surface area contributed by atoms with Crippen LogP contribution >= 0.6 is 0 Å². The largest absolute Gasteiger partial charge is 0.369 e. The van der Waals surface area contributed by atoms with Gasteiger partial charge in [0, 0.05) is 32.3 Å². The number of nitrogens with zero attached hydrogens (tertiary/aromatic N) is 2. The molecular formula is C11H19N5O. The summed E-state index contributed by atoms with van der Waals surface area (Å²) in [5.74, 6) is 1.30. The molecule has 17 heavy (non-hydrogen) atoms. The zero-order valence-corrected chi connectivity index (χ0v) is 10.4. The molecule has 0 atom stereocenters. The highest BCUT2D eigenvalue weighted by Gasteiger charge is 2.03. The summed E-state index contributed by atoms with van der Waals surface area (Å²) >= 11 is 0. The maximum atomic E-state index is 11.4. The molecule has 1 rings (SSSR count). The lowest BCUT2D eigenvalue weighted by Gasteiger charge is -2.09. The number of anilines is 2. The molecule has 94 valence electrons. The van der Waals surface area contributed by atoms with Gasteiger partial charge in [-0.05, 0) is 19.9 Å². The number of amides is 1. The van der Waals surface area contributed by atoms with Crippen molar-refractivity contribution in [3.8, 4) is 0 Å². The Kier molecular flexibility index (Phi) is 5.19. The Morgan fingerprint density at radius 3 is 2.88 bits per heavy atom. The highest BCUT2D eigenvalue weighted by molar-refractivity contribution is 5.76. The van der Waals surface area contributed by atoms with Gasteiger partial charge in [0.1, 0.15) is 5.82 Å². The zero-order chi connectivity index (χ0) is 12.7. The third-order valence-electron chi connectivity index (χ3n) is 1.99. The van der Waals surface area contributed by atoms with Gasteiger partial charge in [-0.2, -0.15) is 4.98 Å². The lowest BCUT2D eigenvalue weighted by molar-refractivity contribution is -0.121. The first-order valence-corrected chi connectivity index (χ1v) is 5.66. The zero-order valence-electron chi connectivity index (χ0n) is 10.4. The Hall–Kier alpha value is -1.85. The second-order valence-corrected chi connectivity index (χ2v) is 3.91. The summed E-state index contributed by atoms with van der Waals surface area (Å²) in [6, 6.07) is 1.94. The Labute approximate surface area is 101 Å². The fraction of sp³-hybridized carbons (Fsp3) is 0.545. The van der Waals surface area contributed by atoms with Crippen LogP contribution in [0.1, 0.15) is 20.3 Å². The fourth-order valence-electron chi connectivity index (χ4n) is 1.28. The van der Waals surface area contributed by atoms with Crippen LogP contribution in [0.2, 0.25) is 0 Å². The maximum absolute atomic E-state index is 11.4. The van der Waals surface area contributed by atoms with E-state index in [-0.39, 0.29) is 11.9 Å². The number of carbonyl (C=O) groups excluding carboxylic acids is 1. The molecule has 0 fully saturated rings. The molecule has 0 aromatic carbocycles. The molecule has 1 aromatic heterocycles. The molecule has 0 saturated carbocycles. The SMILES string of the molecule is CNc1nccc(NCCC(=O)NC(C)C)n1. The van der Waals surface area contributed by atoms with Crippen LogP contribution in [0, 0.1) is 0 Å². The molecular weight excluding hydrogens is 218 g/mol. The molecule has 0 aliphatic carbocycles. The summed E-state index contributed by atoms with van der Waals surface area (Å²) in [6.45, 7) is 4.43. The predicted octanol–water partition coefficient (Wildman–Crippen LogP) is 0.845. The molecule has 6 nitrogen and oxygen atoms in total. The van der Waals surface area contributed by atoms with E-state index in [0.717, 1.165) is 0 Å². The van der Waals surface area contributed by atoms with Crippen LogP contribution in [0.25, 0.3) is 0 Å². The van der Waals surface area contributed by atoms with Crippen LogP contribution < -0.4 is 16.0 Å². The highest BCUT2D eigenvalue weighted by atomic mass is 16.1. The number of hydrogen-bond donors (Lipinski definition) is 3. The van der Waals surface area contributed by atoms with Gasteiger partial charge in [-0.3, -0.25) is 4.79 Å². The van der Waals surface area contributed by atoms with E-state index >= 15 is 0 Å². The Balaban J connectivity index is 2.32. The standard InChI is InChI=1S/C11H19N5O/c1-8(2)15-10(17)5-7-13-9-4-6-14-11(12-3)16-9/h4,6,8H,5,7H2,1-3H3,(H,15,17)(H2,12,13,14,16). The fourth-order valence-corrected chi connectivity index (χ4v) is 1.28. The van der Waals surface area contributed by atoms with Crippen molar-refractivity contribution in [2.75, 3.05) is 24.2 Å². The third kappa shape index (κ3) is 5.14. The Morgan fingerprint density at radius 2 is 2.24 bits per heavy atom. The second-order valence-electron chi connectivity index (χ2n) is 3.91. The van der Waals surface area contributed by atoms with Crippen molar-refractivity contribution in [1.29, 1.82) is 0 Å². The minimum absolute atomic E-state index is 0.0374. The molecule has 0 bridgehead atoms. The number of aromatic nitrogens is 2. The predicted molar refractivity (Wildman–Crippen MR) is 68.0 cm³/mol. The van der Waals surface area contributed by atoms with Crippen LogP contribution in [-0.2, 0) is 4.79 Å². The molecule has 0 saturated heterocycles. The first kappa shape index (κ1) is 13.2. The molecule has 0 radical (unpaired) electrons. The van der Waals surface area contributed by atoms with Crippen LogP contribution in [-0.4, -0.2) is 35.5 Å². The molecule has 1 aromatic rings. The van der Waals surface area contributed by atoms with Crippen molar-refractivity contribution in [3.05, 3.63) is 12.3 Å². The van der Waals surface area contributed by atoms with Crippen LogP contribution in [0.5, 0.6) is 0 Å². The summed E-state index contributed by atoms with van der Waals surface area (Å²) in [5.41, 5.74) is 0. The monoisotopic (exact) mass is 237 g/mol. The van der Waals surface area contributed by atoms with Gasteiger partial charge >= 0.3 is 0 Å². The number of rotatable bonds is 6. The average Bonchev–Trinajstić information content (AvgIpc) is 2.28. The van der Waals surface area contributed by atoms with Gasteiger partial charge in [-0.1, -0.05) is 0 Å². The van der Waals surface area contributed by atoms with Crippen molar-refractivity contribution in [3.63, 3.8) is 0 Å². The highest BCUT2D eigenvalue weighted by Crippen LogP contribution is 2.04. The van der Waals surface area contributed by atoms with Gasteiger partial charge in [-0.15, -0.1) is 0 Å². The normalized spacial score (nSPS) is 10.1. The van der Waals surface area contributed by atoms with Crippen LogP contribution in [0.4, 0.5) is 11.8 Å². The Morgan fingerprint density at radius 1 is 1.47 bits per heavy atom. The van der Waals surface area contributed by atoms with Gasteiger partial charge in [0.25, 0.3) is 0 Å². The molecule has 1 heterocycles. The lowest BCUT2D eigenvalue weighted by Crippen LogP contribution is -2.31. The van der Waals surface area contributed by atoms with E-state index in [1.165, 1.54) is 0 Å². The molecule has 3 N–H and O–H groups in total. The smallest absolute Gasteiger partial charge is 0.224 e. The van der Waals surface area contributed by atoms with E-state index in [1.807, 2.05) is 13.8 Å². The Bertz CT molecular complexity index is 367. The molecule has 1 amide bonds. The molecule has 0 spiro atoms. The topological polar surface area (TPSA) is 78.9 Å². The van der Waals surface area contributed by atoms with Crippen molar-refractivity contribution < 1.29 is 4.79 Å². The minimum Gasteiger partial charge on any atom is -0.369 e. The summed E-state index contributed by atoms with van der Waals surface area (Å²) in [5, 5.41) is 8.75. The van der Waals surface area contributed by atoms with E-state index in [9.17, 15) is 4.79 Å². The third-order valence-corrected chi connectivity index (χ3v) is 1.99. The van der Waals surface area contributed by atoms with Crippen molar-refractivity contribution in [2.24, 2.45) is 0 Å². The van der Waals surface area contributed by atoms with E-state index in [0.29, 0.717) is 24.7 Å². The van der Waals surface area contributed by atoms with Gasteiger partial charge in [0.2, 0.25) is 11.9 Å². The number of carbonyl (C=O) groups is 1. The maximum Gasteiger partial charge on any atom is 0.224 e. The number of hydrogen-bond acceptors (Lipinski definition) is 5. The van der Waals surface area contributed by atoms with Gasteiger partial charge in [0.05, 0.1) is 0 Å². The van der Waals surface area contributed by atoms with Crippen molar-refractivity contribution in [1.82, 2.24) is 15.3 Å². The summed E-state index contributed by atoms with van der Waals surface area (Å²) in [7, 11) is 1.76. The number of nitrogens with one attached hydrogen (secondary N) is 3. The van der Waals surface area contributed by atoms with E-state index in [2.05, 4.69) is 25.9 Å². The summed E-state index contributed by atoms with van der Waals surface area (Å²) in [6.07, 6.45) is 2.09. The van der Waals surface area contributed by atoms with E-state index in [1.54, 1.807) is 19.3 Å². The van der Waals surface area contributed by atoms with E-state index < -0.39 is 0 Å². The quantitative estimate of drug-likeness (QED) is 0.683. The van der Waals surface area contributed by atoms with Crippen LogP contribution in [0.3, 0.4) is 0 Å². The van der Waals surface area contributed by atoms with E-state index in [4.69, 9.17) is 0 Å². The molecule has 6 heteroatoms.